The normalized spacial score (nSPS) is 20.1. The quantitative estimate of drug-likeness (QED) is 0.370. The summed E-state index contributed by atoms with van der Waals surface area (Å²) in [6.07, 6.45) is 3.68. The lowest BCUT2D eigenvalue weighted by Gasteiger charge is -2.38. The number of amides is 1. The molecule has 1 aromatic carbocycles. The number of piperazine rings is 1. The summed E-state index contributed by atoms with van der Waals surface area (Å²) in [5.74, 6) is 0.827. The zero-order chi connectivity index (χ0) is 19.8. The Bertz CT molecular complexity index is 642. The highest BCUT2D eigenvalue weighted by Crippen LogP contribution is 2.16. The summed E-state index contributed by atoms with van der Waals surface area (Å²) in [5.41, 5.74) is 1.26. The predicted octanol–water partition coefficient (Wildman–Crippen LogP) is 2.03. The summed E-state index contributed by atoms with van der Waals surface area (Å²) in [4.78, 5) is 22.9. The molecule has 7 nitrogen and oxygen atoms in total. The maximum absolute atomic E-state index is 12.0. The number of carbonyl (C=O) groups excluding carboxylic acids is 1. The first-order valence-corrected chi connectivity index (χ1v) is 10.3. The number of benzene rings is 1. The molecule has 2 fully saturated rings. The number of guanidine groups is 1. The van der Waals surface area contributed by atoms with Gasteiger partial charge in [0.05, 0.1) is 6.10 Å². The summed E-state index contributed by atoms with van der Waals surface area (Å²) in [6.45, 7) is 5.38. The Morgan fingerprint density at radius 3 is 2.52 bits per heavy atom. The van der Waals surface area contributed by atoms with E-state index in [4.69, 9.17) is 4.74 Å². The minimum atomic E-state index is 0. The third kappa shape index (κ3) is 7.33. The van der Waals surface area contributed by atoms with E-state index in [1.165, 1.54) is 12.1 Å². The van der Waals surface area contributed by atoms with Gasteiger partial charge in [0.2, 0.25) is 5.91 Å². The van der Waals surface area contributed by atoms with Crippen LogP contribution in [0.3, 0.4) is 0 Å². The van der Waals surface area contributed by atoms with Gasteiger partial charge in [-0.2, -0.15) is 0 Å². The number of aliphatic imine (C=N–C) groups is 1. The number of nitrogens with one attached hydrogen (secondary N) is 1. The summed E-state index contributed by atoms with van der Waals surface area (Å²) < 4.78 is 5.83. The van der Waals surface area contributed by atoms with E-state index in [1.807, 2.05) is 6.07 Å². The molecule has 0 aromatic heterocycles. The standard InChI is InChI=1S/C21H33N5O2.HI/c1-24(2)20(27)17-23-21(22-16-19-10-6-7-15-28-19)26-13-11-25(12-14-26)18-8-4-3-5-9-18;/h3-5,8-9,19H,6-7,10-17H2,1-2H3,(H,22,23);1H. The molecule has 2 aliphatic heterocycles. The van der Waals surface area contributed by atoms with Crippen LogP contribution in [0.4, 0.5) is 5.69 Å². The minimum Gasteiger partial charge on any atom is -0.376 e. The van der Waals surface area contributed by atoms with Gasteiger partial charge in [-0.3, -0.25) is 4.79 Å². The molecule has 2 aliphatic rings. The molecule has 0 bridgehead atoms. The predicted molar refractivity (Wildman–Crippen MR) is 128 cm³/mol. The molecule has 1 N–H and O–H groups in total. The largest absolute Gasteiger partial charge is 0.376 e. The molecule has 162 valence electrons. The Morgan fingerprint density at radius 1 is 1.17 bits per heavy atom. The molecule has 0 saturated carbocycles. The zero-order valence-corrected chi connectivity index (χ0v) is 19.9. The fourth-order valence-electron chi connectivity index (χ4n) is 3.54. The van der Waals surface area contributed by atoms with Crippen LogP contribution < -0.4 is 10.2 Å². The molecule has 2 heterocycles. The van der Waals surface area contributed by atoms with Crippen LogP contribution in [0.2, 0.25) is 0 Å². The van der Waals surface area contributed by atoms with Gasteiger partial charge in [-0.1, -0.05) is 18.2 Å². The molecule has 8 heteroatoms. The minimum absolute atomic E-state index is 0. The number of ether oxygens (including phenoxy) is 1. The van der Waals surface area contributed by atoms with Crippen molar-refractivity contribution in [3.05, 3.63) is 30.3 Å². The first-order chi connectivity index (χ1) is 13.6. The number of hydrogen-bond acceptors (Lipinski definition) is 4. The van der Waals surface area contributed by atoms with E-state index in [-0.39, 0.29) is 42.5 Å². The number of carbonyl (C=O) groups is 1. The van der Waals surface area contributed by atoms with E-state index in [0.717, 1.165) is 58.1 Å². The highest BCUT2D eigenvalue weighted by atomic mass is 127. The van der Waals surface area contributed by atoms with Gasteiger partial charge >= 0.3 is 0 Å². The van der Waals surface area contributed by atoms with Crippen LogP contribution >= 0.6 is 24.0 Å². The van der Waals surface area contributed by atoms with Crippen LogP contribution in [0.15, 0.2) is 35.3 Å². The Labute approximate surface area is 191 Å². The fraction of sp³-hybridized carbons (Fsp3) is 0.619. The SMILES string of the molecule is CN(C)C(=O)CN=C(NCC1CCCCO1)N1CCN(c2ccccc2)CC1.I. The summed E-state index contributed by atoms with van der Waals surface area (Å²) in [7, 11) is 3.53. The summed E-state index contributed by atoms with van der Waals surface area (Å²) >= 11 is 0. The number of anilines is 1. The van der Waals surface area contributed by atoms with Crippen molar-refractivity contribution in [2.24, 2.45) is 4.99 Å². The molecule has 1 aromatic rings. The molecule has 2 saturated heterocycles. The van der Waals surface area contributed by atoms with Crippen LogP contribution in [0.5, 0.6) is 0 Å². The Kier molecular flexibility index (Phi) is 9.99. The van der Waals surface area contributed by atoms with Gasteiger partial charge in [-0.15, -0.1) is 24.0 Å². The van der Waals surface area contributed by atoms with Gasteiger partial charge in [-0.05, 0) is 31.4 Å². The smallest absolute Gasteiger partial charge is 0.243 e. The molecule has 0 aliphatic carbocycles. The summed E-state index contributed by atoms with van der Waals surface area (Å²) in [6, 6.07) is 10.5. The van der Waals surface area contributed by atoms with Gasteiger partial charge < -0.3 is 24.8 Å². The van der Waals surface area contributed by atoms with Crippen molar-refractivity contribution in [3.63, 3.8) is 0 Å². The molecule has 1 unspecified atom stereocenters. The zero-order valence-electron chi connectivity index (χ0n) is 17.5. The van der Waals surface area contributed by atoms with Crippen LogP contribution in [0.25, 0.3) is 0 Å². The maximum atomic E-state index is 12.0. The monoisotopic (exact) mass is 515 g/mol. The van der Waals surface area contributed by atoms with Gasteiger partial charge in [0.25, 0.3) is 0 Å². The lowest BCUT2D eigenvalue weighted by Crippen LogP contribution is -2.54. The Balaban J connectivity index is 0.00000300. The van der Waals surface area contributed by atoms with Crippen molar-refractivity contribution in [2.45, 2.75) is 25.4 Å². The molecule has 0 spiro atoms. The number of rotatable bonds is 5. The highest BCUT2D eigenvalue weighted by molar-refractivity contribution is 14.0. The number of nitrogens with zero attached hydrogens (tertiary/aromatic N) is 4. The number of likely N-dealkylation sites (N-methyl/N-ethyl adjacent to an activating group) is 1. The molecule has 1 amide bonds. The van der Waals surface area contributed by atoms with E-state index >= 15 is 0 Å². The van der Waals surface area contributed by atoms with Crippen molar-refractivity contribution < 1.29 is 9.53 Å². The van der Waals surface area contributed by atoms with Crippen LogP contribution in [-0.4, -0.2) is 87.7 Å². The van der Waals surface area contributed by atoms with Gasteiger partial charge in [0.15, 0.2) is 5.96 Å². The van der Waals surface area contributed by atoms with Crippen LogP contribution in [-0.2, 0) is 9.53 Å². The Morgan fingerprint density at radius 2 is 1.90 bits per heavy atom. The second kappa shape index (κ2) is 12.2. The lowest BCUT2D eigenvalue weighted by molar-refractivity contribution is -0.127. The van der Waals surface area contributed by atoms with Crippen molar-refractivity contribution in [1.82, 2.24) is 15.1 Å². The highest BCUT2D eigenvalue weighted by Gasteiger charge is 2.22. The van der Waals surface area contributed by atoms with Crippen molar-refractivity contribution >= 4 is 41.5 Å². The van der Waals surface area contributed by atoms with E-state index in [0.29, 0.717) is 0 Å². The first kappa shape index (κ1) is 23.7. The molecule has 3 rings (SSSR count). The van der Waals surface area contributed by atoms with Gasteiger partial charge in [-0.25, -0.2) is 4.99 Å². The number of para-hydroxylation sites is 1. The number of hydrogen-bond donors (Lipinski definition) is 1. The van der Waals surface area contributed by atoms with Crippen molar-refractivity contribution in [2.75, 3.05) is 64.9 Å². The molecular formula is C21H34IN5O2. The van der Waals surface area contributed by atoms with Crippen LogP contribution in [0.1, 0.15) is 19.3 Å². The molecule has 29 heavy (non-hydrogen) atoms. The lowest BCUT2D eigenvalue weighted by atomic mass is 10.1. The second-order valence-electron chi connectivity index (χ2n) is 7.61. The maximum Gasteiger partial charge on any atom is 0.243 e. The van der Waals surface area contributed by atoms with E-state index in [9.17, 15) is 4.79 Å². The van der Waals surface area contributed by atoms with Crippen molar-refractivity contribution in [1.29, 1.82) is 0 Å². The third-order valence-electron chi connectivity index (χ3n) is 5.33. The number of halogens is 1. The van der Waals surface area contributed by atoms with E-state index < -0.39 is 0 Å². The molecule has 0 radical (unpaired) electrons. The first-order valence-electron chi connectivity index (χ1n) is 10.3. The topological polar surface area (TPSA) is 60.4 Å². The third-order valence-corrected chi connectivity index (χ3v) is 5.33. The van der Waals surface area contributed by atoms with E-state index in [1.54, 1.807) is 19.0 Å². The van der Waals surface area contributed by atoms with Crippen molar-refractivity contribution in [3.8, 4) is 0 Å². The average molecular weight is 515 g/mol. The van der Waals surface area contributed by atoms with Gasteiger partial charge in [0, 0.05) is 59.1 Å². The Hall–Kier alpha value is -1.55. The van der Waals surface area contributed by atoms with E-state index in [2.05, 4.69) is 44.4 Å². The second-order valence-corrected chi connectivity index (χ2v) is 7.61. The fourth-order valence-corrected chi connectivity index (χ4v) is 3.54. The average Bonchev–Trinajstić information content (AvgIpc) is 2.75. The summed E-state index contributed by atoms with van der Waals surface area (Å²) in [5, 5.41) is 3.47. The van der Waals surface area contributed by atoms with Crippen LogP contribution in [0, 0.1) is 0 Å². The molecule has 1 atom stereocenters. The van der Waals surface area contributed by atoms with Gasteiger partial charge in [0.1, 0.15) is 6.54 Å². The molecular weight excluding hydrogens is 481 g/mol.